The molecular formula is C33H34F3NO3. The number of aryl methyl sites for hydroxylation is 1. The van der Waals surface area contributed by atoms with Crippen LogP contribution in [0.5, 0.6) is 11.6 Å². The lowest BCUT2D eigenvalue weighted by atomic mass is 9.75. The van der Waals surface area contributed by atoms with Gasteiger partial charge in [0.25, 0.3) is 0 Å². The van der Waals surface area contributed by atoms with Crippen LogP contribution in [0.3, 0.4) is 0 Å². The Balaban J connectivity index is 1.37. The summed E-state index contributed by atoms with van der Waals surface area (Å²) in [5, 5.41) is 0. The van der Waals surface area contributed by atoms with Crippen molar-refractivity contribution in [2.45, 2.75) is 76.7 Å². The maximum absolute atomic E-state index is 15.8. The van der Waals surface area contributed by atoms with Crippen molar-refractivity contribution in [3.05, 3.63) is 76.2 Å². The van der Waals surface area contributed by atoms with E-state index >= 15 is 13.2 Å². The van der Waals surface area contributed by atoms with Crippen molar-refractivity contribution < 1.29 is 27.4 Å². The maximum atomic E-state index is 15.8. The fourth-order valence-corrected chi connectivity index (χ4v) is 7.33. The highest BCUT2D eigenvalue weighted by Crippen LogP contribution is 2.60. The van der Waals surface area contributed by atoms with Crippen LogP contribution in [0.2, 0.25) is 0 Å². The standard InChI is InChI=1S/C33H34F3NO3/c1-32(2)10-5-7-25(32)23-12-20(26(34)13-22(23)24-14-29(39-3)37-16-27(24)35)18-40-28-9-8-19-6-4-11-33(15-21(33)17-38)30(19)31(28)36/h8-9,12-14,16-17,21,25H,4-7,10-11,15,18H2,1-3H3/t21-,25-,33+/m0/s1. The second kappa shape index (κ2) is 9.93. The molecule has 6 rings (SSSR count). The van der Waals surface area contributed by atoms with E-state index < -0.39 is 22.9 Å². The fourth-order valence-electron chi connectivity index (χ4n) is 7.33. The van der Waals surface area contributed by atoms with Gasteiger partial charge >= 0.3 is 0 Å². The Morgan fingerprint density at radius 3 is 2.58 bits per heavy atom. The van der Waals surface area contributed by atoms with Gasteiger partial charge in [-0.2, -0.15) is 0 Å². The highest BCUT2D eigenvalue weighted by atomic mass is 19.1. The van der Waals surface area contributed by atoms with Gasteiger partial charge in [-0.1, -0.05) is 26.3 Å². The average Bonchev–Trinajstić information content (AvgIpc) is 3.51. The summed E-state index contributed by atoms with van der Waals surface area (Å²) in [6, 6.07) is 8.10. The molecule has 0 N–H and O–H groups in total. The summed E-state index contributed by atoms with van der Waals surface area (Å²) in [6.45, 7) is 4.19. The van der Waals surface area contributed by atoms with Crippen LogP contribution in [0.4, 0.5) is 13.2 Å². The molecule has 210 valence electrons. The van der Waals surface area contributed by atoms with E-state index in [0.717, 1.165) is 62.1 Å². The second-order valence-corrected chi connectivity index (χ2v) is 12.3. The molecule has 3 aromatic rings. The molecule has 40 heavy (non-hydrogen) atoms. The monoisotopic (exact) mass is 549 g/mol. The van der Waals surface area contributed by atoms with E-state index in [1.807, 2.05) is 6.07 Å². The number of pyridine rings is 1. The molecule has 0 amide bonds. The topological polar surface area (TPSA) is 48.4 Å². The smallest absolute Gasteiger partial charge is 0.213 e. The fraction of sp³-hybridized carbons (Fsp3) is 0.455. The number of hydrogen-bond acceptors (Lipinski definition) is 4. The van der Waals surface area contributed by atoms with Gasteiger partial charge in [0.15, 0.2) is 11.6 Å². The molecule has 3 aliphatic carbocycles. The van der Waals surface area contributed by atoms with E-state index in [0.29, 0.717) is 17.5 Å². The van der Waals surface area contributed by atoms with Crippen molar-refractivity contribution in [2.24, 2.45) is 11.3 Å². The maximum Gasteiger partial charge on any atom is 0.213 e. The molecule has 0 unspecified atom stereocenters. The molecule has 2 aromatic carbocycles. The van der Waals surface area contributed by atoms with Gasteiger partial charge in [-0.05, 0) is 84.7 Å². The first-order valence-electron chi connectivity index (χ1n) is 14.1. The van der Waals surface area contributed by atoms with Gasteiger partial charge in [0.2, 0.25) is 5.88 Å². The third-order valence-electron chi connectivity index (χ3n) is 9.62. The van der Waals surface area contributed by atoms with Gasteiger partial charge in [-0.15, -0.1) is 0 Å². The molecule has 2 saturated carbocycles. The van der Waals surface area contributed by atoms with Gasteiger partial charge in [-0.25, -0.2) is 18.2 Å². The van der Waals surface area contributed by atoms with Gasteiger partial charge in [-0.3, -0.25) is 0 Å². The van der Waals surface area contributed by atoms with Gasteiger partial charge in [0.1, 0.15) is 24.5 Å². The summed E-state index contributed by atoms with van der Waals surface area (Å²) in [6.07, 6.45) is 8.10. The Kier molecular flexibility index (Phi) is 6.67. The summed E-state index contributed by atoms with van der Waals surface area (Å²) < 4.78 is 57.6. The number of methoxy groups -OCH3 is 1. The zero-order chi connectivity index (χ0) is 28.2. The molecule has 7 heteroatoms. The summed E-state index contributed by atoms with van der Waals surface area (Å²) in [5.41, 5.74) is 2.86. The summed E-state index contributed by atoms with van der Waals surface area (Å²) in [5.74, 6) is -1.33. The second-order valence-electron chi connectivity index (χ2n) is 12.3. The molecule has 0 bridgehead atoms. The van der Waals surface area contributed by atoms with Crippen LogP contribution in [0.25, 0.3) is 11.1 Å². The number of rotatable bonds is 7. The minimum atomic E-state index is -0.556. The molecular weight excluding hydrogens is 515 g/mol. The normalized spacial score (nSPS) is 24.6. The predicted octanol–water partition coefficient (Wildman–Crippen LogP) is 7.84. The zero-order valence-electron chi connectivity index (χ0n) is 23.2. The van der Waals surface area contributed by atoms with Crippen LogP contribution in [0.15, 0.2) is 36.5 Å². The predicted molar refractivity (Wildman–Crippen MR) is 146 cm³/mol. The molecule has 1 spiro atoms. The lowest BCUT2D eigenvalue weighted by Crippen LogP contribution is -2.21. The largest absolute Gasteiger partial charge is 0.486 e. The van der Waals surface area contributed by atoms with Crippen molar-refractivity contribution in [3.63, 3.8) is 0 Å². The van der Waals surface area contributed by atoms with Crippen LogP contribution in [0, 0.1) is 28.8 Å². The quantitative estimate of drug-likeness (QED) is 0.282. The van der Waals surface area contributed by atoms with E-state index in [1.54, 1.807) is 12.1 Å². The number of benzene rings is 2. The molecule has 1 aromatic heterocycles. The molecule has 3 aliphatic rings. The third-order valence-corrected chi connectivity index (χ3v) is 9.62. The van der Waals surface area contributed by atoms with Crippen LogP contribution in [-0.4, -0.2) is 18.4 Å². The van der Waals surface area contributed by atoms with Gasteiger partial charge in [0.05, 0.1) is 13.3 Å². The van der Waals surface area contributed by atoms with Crippen molar-refractivity contribution in [1.29, 1.82) is 0 Å². The Morgan fingerprint density at radius 1 is 1.05 bits per heavy atom. The van der Waals surface area contributed by atoms with Crippen molar-refractivity contribution in [3.8, 4) is 22.8 Å². The van der Waals surface area contributed by atoms with Crippen molar-refractivity contribution in [1.82, 2.24) is 4.98 Å². The lowest BCUT2D eigenvalue weighted by molar-refractivity contribution is -0.109. The Morgan fingerprint density at radius 2 is 1.88 bits per heavy atom. The molecule has 4 nitrogen and oxygen atoms in total. The van der Waals surface area contributed by atoms with Crippen LogP contribution in [-0.2, 0) is 23.2 Å². The van der Waals surface area contributed by atoms with Crippen LogP contribution >= 0.6 is 0 Å². The summed E-state index contributed by atoms with van der Waals surface area (Å²) in [7, 11) is 1.45. The Hall–Kier alpha value is -3.35. The van der Waals surface area contributed by atoms with E-state index in [1.165, 1.54) is 19.2 Å². The molecule has 1 heterocycles. The minimum Gasteiger partial charge on any atom is -0.486 e. The van der Waals surface area contributed by atoms with Crippen molar-refractivity contribution in [2.75, 3.05) is 7.11 Å². The first kappa shape index (κ1) is 26.9. The Labute approximate surface area is 232 Å². The number of aldehydes is 1. The number of hydrogen-bond donors (Lipinski definition) is 0. The van der Waals surface area contributed by atoms with Crippen LogP contribution in [0.1, 0.15) is 80.5 Å². The molecule has 0 saturated heterocycles. The third kappa shape index (κ3) is 4.38. The lowest BCUT2D eigenvalue weighted by Gasteiger charge is -2.30. The van der Waals surface area contributed by atoms with E-state index in [4.69, 9.17) is 9.47 Å². The number of carbonyl (C=O) groups excluding carboxylic acids is 1. The van der Waals surface area contributed by atoms with Crippen LogP contribution < -0.4 is 9.47 Å². The van der Waals surface area contributed by atoms with Gasteiger partial charge in [0, 0.05) is 34.1 Å². The molecule has 2 fully saturated rings. The molecule has 0 radical (unpaired) electrons. The Bertz CT molecular complexity index is 1490. The van der Waals surface area contributed by atoms with E-state index in [2.05, 4.69) is 18.8 Å². The van der Waals surface area contributed by atoms with Crippen molar-refractivity contribution >= 4 is 6.29 Å². The first-order valence-corrected chi connectivity index (χ1v) is 14.1. The number of nitrogens with zero attached hydrogens (tertiary/aromatic N) is 1. The SMILES string of the molecule is COc1cc(-c2cc(F)c(COc3ccc4c(c3F)[C@]3(CCC4)C[C@H]3C=O)cc2[C@@H]2CCCC2(C)C)c(F)cn1. The van der Waals surface area contributed by atoms with E-state index in [9.17, 15) is 4.79 Å². The molecule has 0 aliphatic heterocycles. The highest BCUT2D eigenvalue weighted by Gasteiger charge is 2.58. The zero-order valence-corrected chi connectivity index (χ0v) is 23.2. The van der Waals surface area contributed by atoms with E-state index in [-0.39, 0.29) is 46.6 Å². The molecule has 3 atom stereocenters. The number of carbonyl (C=O) groups is 1. The first-order chi connectivity index (χ1) is 19.2. The van der Waals surface area contributed by atoms with Gasteiger partial charge < -0.3 is 14.3 Å². The highest BCUT2D eigenvalue weighted by molar-refractivity contribution is 5.70. The number of halogens is 3. The number of aromatic nitrogens is 1. The number of fused-ring (bicyclic) bond motifs is 2. The summed E-state index contributed by atoms with van der Waals surface area (Å²) in [4.78, 5) is 15.5. The average molecular weight is 550 g/mol. The minimum absolute atomic E-state index is 0.0589. The summed E-state index contributed by atoms with van der Waals surface area (Å²) >= 11 is 0. The number of ether oxygens (including phenoxy) is 2.